The summed E-state index contributed by atoms with van der Waals surface area (Å²) in [6.45, 7) is 10.4. The van der Waals surface area contributed by atoms with Crippen molar-refractivity contribution in [3.63, 3.8) is 0 Å². The van der Waals surface area contributed by atoms with Gasteiger partial charge < -0.3 is 15.4 Å². The van der Waals surface area contributed by atoms with Crippen LogP contribution in [0, 0.1) is 6.92 Å². The highest BCUT2D eigenvalue weighted by atomic mass is 32.2. The first-order chi connectivity index (χ1) is 13.8. The average molecular weight is 425 g/mol. The summed E-state index contributed by atoms with van der Waals surface area (Å²) < 4.78 is 32.0. The molecule has 1 aliphatic heterocycles. The van der Waals surface area contributed by atoms with Crippen molar-refractivity contribution in [3.05, 3.63) is 29.8 Å². The first kappa shape index (κ1) is 23.5. The van der Waals surface area contributed by atoms with Crippen molar-refractivity contribution in [2.24, 2.45) is 4.99 Å². The normalized spacial score (nSPS) is 17.7. The lowest BCUT2D eigenvalue weighted by atomic mass is 10.1. The topological polar surface area (TPSA) is 83.0 Å². The molecule has 2 rings (SSSR count). The number of guanidine groups is 1. The molecule has 7 nitrogen and oxygen atoms in total. The van der Waals surface area contributed by atoms with Crippen molar-refractivity contribution in [3.8, 4) is 5.75 Å². The number of aryl methyl sites for hydroxylation is 1. The third-order valence-electron chi connectivity index (χ3n) is 4.83. The third-order valence-corrected chi connectivity index (χ3v) is 6.90. The van der Waals surface area contributed by atoms with Gasteiger partial charge in [-0.25, -0.2) is 17.7 Å². The van der Waals surface area contributed by atoms with E-state index in [2.05, 4.69) is 15.6 Å². The van der Waals surface area contributed by atoms with Crippen LogP contribution in [0.1, 0.15) is 45.6 Å². The van der Waals surface area contributed by atoms with Crippen LogP contribution in [0.15, 0.2) is 29.3 Å². The van der Waals surface area contributed by atoms with Crippen LogP contribution in [-0.2, 0) is 10.0 Å². The van der Waals surface area contributed by atoms with Crippen molar-refractivity contribution in [2.45, 2.75) is 59.1 Å². The van der Waals surface area contributed by atoms with Gasteiger partial charge in [0.1, 0.15) is 11.9 Å². The summed E-state index contributed by atoms with van der Waals surface area (Å²) in [5.41, 5.74) is 1.17. The summed E-state index contributed by atoms with van der Waals surface area (Å²) in [6, 6.07) is 8.22. The van der Waals surface area contributed by atoms with Crippen molar-refractivity contribution >= 4 is 16.0 Å². The van der Waals surface area contributed by atoms with Gasteiger partial charge in [0.15, 0.2) is 5.96 Å². The van der Waals surface area contributed by atoms with Crippen LogP contribution >= 0.6 is 0 Å². The highest BCUT2D eigenvalue weighted by molar-refractivity contribution is 7.89. The zero-order chi connectivity index (χ0) is 21.3. The molecule has 0 saturated carbocycles. The number of benzene rings is 1. The molecule has 164 valence electrons. The van der Waals surface area contributed by atoms with E-state index < -0.39 is 10.0 Å². The molecule has 8 heteroatoms. The summed E-state index contributed by atoms with van der Waals surface area (Å²) in [6.07, 6.45) is 2.17. The van der Waals surface area contributed by atoms with Crippen molar-refractivity contribution in [1.29, 1.82) is 0 Å². The Kier molecular flexibility index (Phi) is 9.23. The van der Waals surface area contributed by atoms with Gasteiger partial charge in [0, 0.05) is 25.7 Å². The van der Waals surface area contributed by atoms with Crippen LogP contribution in [0.3, 0.4) is 0 Å². The standard InChI is InChI=1S/C21H36N4O3S/c1-5-14-29(26,27)25-12-10-19(11-13-25)24-21(22-6-2)23-16-18(4)28-20-9-7-8-17(3)15-20/h7-9,15,18-19H,5-6,10-14,16H2,1-4H3,(H2,22,23,24). The van der Waals surface area contributed by atoms with Crippen LogP contribution in [-0.4, -0.2) is 62.8 Å². The average Bonchev–Trinajstić information content (AvgIpc) is 2.67. The quantitative estimate of drug-likeness (QED) is 0.470. The molecule has 0 radical (unpaired) electrons. The van der Waals surface area contributed by atoms with Crippen LogP contribution in [0.5, 0.6) is 5.75 Å². The molecule has 0 amide bonds. The van der Waals surface area contributed by atoms with Gasteiger partial charge in [-0.15, -0.1) is 0 Å². The maximum absolute atomic E-state index is 12.2. The number of nitrogens with one attached hydrogen (secondary N) is 2. The number of aliphatic imine (C=N–C) groups is 1. The minimum absolute atomic E-state index is 0.0479. The smallest absolute Gasteiger partial charge is 0.214 e. The van der Waals surface area contributed by atoms with Gasteiger partial charge >= 0.3 is 0 Å². The lowest BCUT2D eigenvalue weighted by Crippen LogP contribution is -2.50. The largest absolute Gasteiger partial charge is 0.489 e. The first-order valence-corrected chi connectivity index (χ1v) is 12.2. The highest BCUT2D eigenvalue weighted by Crippen LogP contribution is 2.16. The first-order valence-electron chi connectivity index (χ1n) is 10.6. The highest BCUT2D eigenvalue weighted by Gasteiger charge is 2.27. The number of hydrogen-bond acceptors (Lipinski definition) is 4. The van der Waals surface area contributed by atoms with E-state index in [0.717, 1.165) is 31.1 Å². The fourth-order valence-corrected chi connectivity index (χ4v) is 4.90. The zero-order valence-corrected chi connectivity index (χ0v) is 19.0. The van der Waals surface area contributed by atoms with Gasteiger partial charge in [-0.2, -0.15) is 0 Å². The van der Waals surface area contributed by atoms with E-state index in [9.17, 15) is 8.42 Å². The Bertz CT molecular complexity index is 759. The van der Waals surface area contributed by atoms with E-state index >= 15 is 0 Å². The Labute approximate surface area is 176 Å². The second-order valence-corrected chi connectivity index (χ2v) is 9.69. The Hall–Kier alpha value is -1.80. The molecule has 0 aliphatic carbocycles. The van der Waals surface area contributed by atoms with E-state index in [0.29, 0.717) is 26.1 Å². The van der Waals surface area contributed by atoms with Crippen molar-refractivity contribution in [2.75, 3.05) is 31.9 Å². The number of hydrogen-bond donors (Lipinski definition) is 2. The molecule has 1 unspecified atom stereocenters. The summed E-state index contributed by atoms with van der Waals surface area (Å²) in [7, 11) is -3.11. The van der Waals surface area contributed by atoms with E-state index in [4.69, 9.17) is 4.74 Å². The molecule has 0 bridgehead atoms. The molecule has 1 heterocycles. The minimum Gasteiger partial charge on any atom is -0.489 e. The van der Waals surface area contributed by atoms with E-state index in [1.54, 1.807) is 4.31 Å². The number of ether oxygens (including phenoxy) is 1. The summed E-state index contributed by atoms with van der Waals surface area (Å²) >= 11 is 0. The number of rotatable bonds is 9. The maximum Gasteiger partial charge on any atom is 0.214 e. The molecule has 1 aromatic carbocycles. The van der Waals surface area contributed by atoms with Gasteiger partial charge in [0.05, 0.1) is 12.3 Å². The molecule has 0 aromatic heterocycles. The second kappa shape index (κ2) is 11.4. The van der Waals surface area contributed by atoms with Crippen molar-refractivity contribution in [1.82, 2.24) is 14.9 Å². The van der Waals surface area contributed by atoms with Crippen LogP contribution < -0.4 is 15.4 Å². The fraction of sp³-hybridized carbons (Fsp3) is 0.667. The molecule has 2 N–H and O–H groups in total. The summed E-state index contributed by atoms with van der Waals surface area (Å²) in [5.74, 6) is 1.84. The lowest BCUT2D eigenvalue weighted by Gasteiger charge is -2.32. The van der Waals surface area contributed by atoms with E-state index in [1.807, 2.05) is 52.0 Å². The number of sulfonamides is 1. The number of nitrogens with zero attached hydrogens (tertiary/aromatic N) is 2. The maximum atomic E-state index is 12.2. The SMILES string of the molecule is CCCS(=O)(=O)N1CCC(NC(=NCC(C)Oc2cccc(C)c2)NCC)CC1. The molecular formula is C21H36N4O3S. The third kappa shape index (κ3) is 7.85. The van der Waals surface area contributed by atoms with E-state index in [-0.39, 0.29) is 17.9 Å². The number of piperidine rings is 1. The molecular weight excluding hydrogens is 388 g/mol. The predicted molar refractivity (Wildman–Crippen MR) is 119 cm³/mol. The second-order valence-electron chi connectivity index (χ2n) is 7.60. The Morgan fingerprint density at radius 3 is 2.66 bits per heavy atom. The molecule has 1 aliphatic rings. The molecule has 1 saturated heterocycles. The molecule has 29 heavy (non-hydrogen) atoms. The summed E-state index contributed by atoms with van der Waals surface area (Å²) in [5, 5.41) is 6.72. The van der Waals surface area contributed by atoms with Gasteiger partial charge in [-0.05, 0) is 57.7 Å². The Morgan fingerprint density at radius 2 is 2.03 bits per heavy atom. The Balaban J connectivity index is 1.86. The van der Waals surface area contributed by atoms with Gasteiger partial charge in [-0.3, -0.25) is 0 Å². The van der Waals surface area contributed by atoms with E-state index in [1.165, 1.54) is 5.56 Å². The van der Waals surface area contributed by atoms with Gasteiger partial charge in [0.2, 0.25) is 10.0 Å². The summed E-state index contributed by atoms with van der Waals surface area (Å²) in [4.78, 5) is 4.66. The minimum atomic E-state index is -3.11. The molecule has 1 atom stereocenters. The molecule has 1 aromatic rings. The lowest BCUT2D eigenvalue weighted by molar-refractivity contribution is 0.230. The molecule has 1 fully saturated rings. The fourth-order valence-electron chi connectivity index (χ4n) is 3.36. The van der Waals surface area contributed by atoms with Crippen molar-refractivity contribution < 1.29 is 13.2 Å². The van der Waals surface area contributed by atoms with Gasteiger partial charge in [0.25, 0.3) is 0 Å². The Morgan fingerprint density at radius 1 is 1.31 bits per heavy atom. The zero-order valence-electron chi connectivity index (χ0n) is 18.1. The molecule has 0 spiro atoms. The van der Waals surface area contributed by atoms with Crippen LogP contribution in [0.2, 0.25) is 0 Å². The van der Waals surface area contributed by atoms with Crippen LogP contribution in [0.25, 0.3) is 0 Å². The monoisotopic (exact) mass is 424 g/mol. The predicted octanol–water partition coefficient (Wildman–Crippen LogP) is 2.52. The van der Waals surface area contributed by atoms with Crippen LogP contribution in [0.4, 0.5) is 0 Å². The van der Waals surface area contributed by atoms with Gasteiger partial charge in [-0.1, -0.05) is 19.1 Å².